The van der Waals surface area contributed by atoms with E-state index in [1.54, 1.807) is 6.07 Å². The Balaban J connectivity index is 0.00000261. The van der Waals surface area contributed by atoms with Gasteiger partial charge in [-0.25, -0.2) is 0 Å². The number of carbonyl (C=O) groups excluding carboxylic acids is 2. The molecule has 2 N–H and O–H groups in total. The largest absolute Gasteiger partial charge is 0.351 e. The first-order valence-electron chi connectivity index (χ1n) is 8.73. The highest BCUT2D eigenvalue weighted by Gasteiger charge is 2.24. The quantitative estimate of drug-likeness (QED) is 0.549. The Kier molecular flexibility index (Phi) is 8.16. The Hall–Kier alpha value is -2.02. The van der Waals surface area contributed by atoms with Crippen molar-refractivity contribution < 1.29 is 9.59 Å². The van der Waals surface area contributed by atoms with Crippen molar-refractivity contribution in [2.24, 2.45) is 0 Å². The summed E-state index contributed by atoms with van der Waals surface area (Å²) in [5.41, 5.74) is 2.84. The molecule has 0 spiro atoms. The number of fused-ring (bicyclic) bond motifs is 1. The van der Waals surface area contributed by atoms with Gasteiger partial charge in [0.25, 0.3) is 5.91 Å². The Bertz CT molecular complexity index is 800. The molecule has 1 aliphatic heterocycles. The van der Waals surface area contributed by atoms with Crippen LogP contribution in [0.1, 0.15) is 15.9 Å². The SMILES string of the molecule is CNCCNC(=O)c1ccccc1SCC(=O)N1CCc2ccccc21.Cl. The highest BCUT2D eigenvalue weighted by molar-refractivity contribution is 8.00. The molecule has 0 fully saturated rings. The molecule has 0 radical (unpaired) electrons. The molecule has 2 aromatic carbocycles. The molecule has 0 saturated carbocycles. The minimum atomic E-state index is -0.109. The highest BCUT2D eigenvalue weighted by Crippen LogP contribution is 2.29. The normalized spacial score (nSPS) is 12.3. The molecule has 1 aliphatic rings. The summed E-state index contributed by atoms with van der Waals surface area (Å²) in [5.74, 6) is 0.280. The second-order valence-corrected chi connectivity index (χ2v) is 7.09. The Morgan fingerprint density at radius 3 is 2.63 bits per heavy atom. The summed E-state index contributed by atoms with van der Waals surface area (Å²) in [6, 6.07) is 15.5. The second kappa shape index (κ2) is 10.3. The molecule has 7 heteroatoms. The van der Waals surface area contributed by atoms with Crippen LogP contribution in [0.3, 0.4) is 0 Å². The van der Waals surface area contributed by atoms with Gasteiger partial charge in [-0.05, 0) is 37.2 Å². The fourth-order valence-corrected chi connectivity index (χ4v) is 3.92. The smallest absolute Gasteiger partial charge is 0.252 e. The number of anilines is 1. The molecule has 2 aromatic rings. The van der Waals surface area contributed by atoms with Gasteiger partial charge in [0.05, 0.1) is 11.3 Å². The van der Waals surface area contributed by atoms with E-state index in [2.05, 4.69) is 16.7 Å². The predicted molar refractivity (Wildman–Crippen MR) is 113 cm³/mol. The number of halogens is 1. The number of likely N-dealkylation sites (N-methyl/N-ethyl adjacent to an activating group) is 1. The molecule has 27 heavy (non-hydrogen) atoms. The Morgan fingerprint density at radius 2 is 1.81 bits per heavy atom. The molecule has 0 aliphatic carbocycles. The van der Waals surface area contributed by atoms with E-state index in [-0.39, 0.29) is 24.2 Å². The van der Waals surface area contributed by atoms with Crippen molar-refractivity contribution in [2.75, 3.05) is 37.3 Å². The van der Waals surface area contributed by atoms with Crippen LogP contribution in [0.4, 0.5) is 5.69 Å². The second-order valence-electron chi connectivity index (χ2n) is 6.07. The number of amides is 2. The fourth-order valence-electron chi connectivity index (χ4n) is 2.99. The molecule has 3 rings (SSSR count). The van der Waals surface area contributed by atoms with Crippen molar-refractivity contribution in [1.29, 1.82) is 0 Å². The van der Waals surface area contributed by atoms with E-state index in [4.69, 9.17) is 0 Å². The first kappa shape index (κ1) is 21.3. The summed E-state index contributed by atoms with van der Waals surface area (Å²) < 4.78 is 0. The number of hydrogen-bond donors (Lipinski definition) is 2. The van der Waals surface area contributed by atoms with E-state index >= 15 is 0 Å². The predicted octanol–water partition coefficient (Wildman–Crippen LogP) is 2.74. The topological polar surface area (TPSA) is 61.4 Å². The molecule has 0 aromatic heterocycles. The van der Waals surface area contributed by atoms with Crippen molar-refractivity contribution in [3.05, 3.63) is 59.7 Å². The lowest BCUT2D eigenvalue weighted by molar-refractivity contribution is -0.116. The van der Waals surface area contributed by atoms with E-state index < -0.39 is 0 Å². The van der Waals surface area contributed by atoms with Crippen molar-refractivity contribution in [3.63, 3.8) is 0 Å². The highest BCUT2D eigenvalue weighted by atomic mass is 35.5. The summed E-state index contributed by atoms with van der Waals surface area (Å²) in [7, 11) is 1.85. The minimum absolute atomic E-state index is 0. The van der Waals surface area contributed by atoms with Crippen molar-refractivity contribution >= 4 is 41.7 Å². The monoisotopic (exact) mass is 405 g/mol. The van der Waals surface area contributed by atoms with Crippen LogP contribution in [-0.4, -0.2) is 44.2 Å². The molecule has 144 valence electrons. The van der Waals surface area contributed by atoms with Gasteiger partial charge in [0.1, 0.15) is 0 Å². The molecule has 0 bridgehead atoms. The Labute approximate surface area is 170 Å². The van der Waals surface area contributed by atoms with E-state index in [9.17, 15) is 9.59 Å². The van der Waals surface area contributed by atoms with Gasteiger partial charge in [0, 0.05) is 30.2 Å². The zero-order valence-corrected chi connectivity index (χ0v) is 16.9. The molecule has 0 saturated heterocycles. The minimum Gasteiger partial charge on any atom is -0.351 e. The third-order valence-corrected chi connectivity index (χ3v) is 5.39. The number of thioether (sulfide) groups is 1. The Morgan fingerprint density at radius 1 is 1.07 bits per heavy atom. The lowest BCUT2D eigenvalue weighted by Crippen LogP contribution is -2.31. The number of benzene rings is 2. The van der Waals surface area contributed by atoms with Gasteiger partial charge in [-0.1, -0.05) is 30.3 Å². The number of carbonyl (C=O) groups is 2. The number of para-hydroxylation sites is 1. The van der Waals surface area contributed by atoms with Crippen molar-refractivity contribution in [3.8, 4) is 0 Å². The van der Waals surface area contributed by atoms with Gasteiger partial charge >= 0.3 is 0 Å². The van der Waals surface area contributed by atoms with Crippen LogP contribution in [0.15, 0.2) is 53.4 Å². The summed E-state index contributed by atoms with van der Waals surface area (Å²) in [6.45, 7) is 2.01. The van der Waals surface area contributed by atoms with E-state index in [0.29, 0.717) is 24.4 Å². The maximum atomic E-state index is 12.7. The standard InChI is InChI=1S/C20H23N3O2S.ClH/c1-21-11-12-22-20(25)16-7-3-5-9-18(16)26-14-19(24)23-13-10-15-6-2-4-8-17(15)23;/h2-9,21H,10-14H2,1H3,(H,22,25);1H. The summed E-state index contributed by atoms with van der Waals surface area (Å²) in [6.07, 6.45) is 0.900. The van der Waals surface area contributed by atoms with Gasteiger partial charge in [0.2, 0.25) is 5.91 Å². The van der Waals surface area contributed by atoms with Gasteiger partial charge in [-0.3, -0.25) is 9.59 Å². The van der Waals surface area contributed by atoms with E-state index in [1.807, 2.05) is 48.3 Å². The summed E-state index contributed by atoms with van der Waals surface area (Å²) in [5, 5.41) is 5.88. The number of nitrogens with one attached hydrogen (secondary N) is 2. The zero-order valence-electron chi connectivity index (χ0n) is 15.2. The maximum Gasteiger partial charge on any atom is 0.252 e. The number of rotatable bonds is 7. The average molecular weight is 406 g/mol. The third-order valence-electron chi connectivity index (χ3n) is 4.33. The van der Waals surface area contributed by atoms with Gasteiger partial charge in [0.15, 0.2) is 0 Å². The van der Waals surface area contributed by atoms with Gasteiger partial charge < -0.3 is 15.5 Å². The summed E-state index contributed by atoms with van der Waals surface area (Å²) >= 11 is 1.42. The van der Waals surface area contributed by atoms with Crippen LogP contribution in [0.2, 0.25) is 0 Å². The van der Waals surface area contributed by atoms with Crippen LogP contribution in [-0.2, 0) is 11.2 Å². The molecule has 1 heterocycles. The lowest BCUT2D eigenvalue weighted by Gasteiger charge is -2.17. The molecule has 2 amide bonds. The molecule has 0 atom stereocenters. The first-order valence-corrected chi connectivity index (χ1v) is 9.72. The van der Waals surface area contributed by atoms with Crippen LogP contribution in [0.25, 0.3) is 0 Å². The van der Waals surface area contributed by atoms with Gasteiger partial charge in [-0.15, -0.1) is 24.2 Å². The van der Waals surface area contributed by atoms with E-state index in [1.165, 1.54) is 17.3 Å². The van der Waals surface area contributed by atoms with E-state index in [0.717, 1.165) is 23.5 Å². The fraction of sp³-hybridized carbons (Fsp3) is 0.300. The van der Waals surface area contributed by atoms with Crippen LogP contribution in [0, 0.1) is 0 Å². The molecule has 5 nitrogen and oxygen atoms in total. The molecule has 0 unspecified atom stereocenters. The van der Waals surface area contributed by atoms with Gasteiger partial charge in [-0.2, -0.15) is 0 Å². The maximum absolute atomic E-state index is 12.7. The summed E-state index contributed by atoms with van der Waals surface area (Å²) in [4.78, 5) is 27.7. The number of nitrogens with zero attached hydrogens (tertiary/aromatic N) is 1. The van der Waals surface area contributed by atoms with Crippen LogP contribution < -0.4 is 15.5 Å². The van der Waals surface area contributed by atoms with Crippen LogP contribution in [0.5, 0.6) is 0 Å². The zero-order chi connectivity index (χ0) is 18.4. The van der Waals surface area contributed by atoms with Crippen molar-refractivity contribution in [2.45, 2.75) is 11.3 Å². The average Bonchev–Trinajstić information content (AvgIpc) is 3.10. The van der Waals surface area contributed by atoms with Crippen molar-refractivity contribution in [1.82, 2.24) is 10.6 Å². The molecular weight excluding hydrogens is 382 g/mol. The number of hydrogen-bond acceptors (Lipinski definition) is 4. The third kappa shape index (κ3) is 5.25. The first-order chi connectivity index (χ1) is 12.7. The van der Waals surface area contributed by atoms with Crippen LogP contribution >= 0.6 is 24.2 Å². The molecular formula is C20H24ClN3O2S. The lowest BCUT2D eigenvalue weighted by atomic mass is 10.2.